The molecule has 2 rings (SSSR count). The largest absolute Gasteiger partial charge is 0.462 e. The zero-order valence-corrected chi connectivity index (χ0v) is 14.0. The van der Waals surface area contributed by atoms with Gasteiger partial charge < -0.3 is 10.1 Å². The highest BCUT2D eigenvalue weighted by atomic mass is 79.9. The van der Waals surface area contributed by atoms with E-state index in [4.69, 9.17) is 4.74 Å². The molecule has 0 atom stereocenters. The van der Waals surface area contributed by atoms with Gasteiger partial charge in [0.05, 0.1) is 17.3 Å². The van der Waals surface area contributed by atoms with Crippen molar-refractivity contribution in [2.45, 2.75) is 20.4 Å². The molecule has 118 valence electrons. The van der Waals surface area contributed by atoms with Crippen molar-refractivity contribution < 1.29 is 14.3 Å². The van der Waals surface area contributed by atoms with Gasteiger partial charge in [-0.3, -0.25) is 14.2 Å². The number of amides is 1. The van der Waals surface area contributed by atoms with E-state index in [2.05, 4.69) is 31.4 Å². The molecule has 0 aliphatic rings. The highest BCUT2D eigenvalue weighted by Gasteiger charge is 2.22. The lowest BCUT2D eigenvalue weighted by molar-refractivity contribution is 0.0527. The number of ether oxygens (including phenoxy) is 1. The molecule has 0 fully saturated rings. The molecule has 1 amide bonds. The van der Waals surface area contributed by atoms with Crippen LogP contribution < -0.4 is 5.32 Å². The number of nitrogens with zero attached hydrogens (tertiary/aromatic N) is 4. The fourth-order valence-corrected chi connectivity index (χ4v) is 2.32. The SMILES string of the molecule is CCOC(=O)c1cnn(C)c1NC(=O)c1nn(CC)cc1Br. The average molecular weight is 370 g/mol. The second-order valence-corrected chi connectivity index (χ2v) is 5.24. The molecule has 0 radical (unpaired) electrons. The number of esters is 1. The molecular formula is C13H16BrN5O3. The predicted molar refractivity (Wildman–Crippen MR) is 82.7 cm³/mol. The summed E-state index contributed by atoms with van der Waals surface area (Å²) in [7, 11) is 1.62. The van der Waals surface area contributed by atoms with Crippen LogP contribution in [0.15, 0.2) is 16.9 Å². The molecule has 1 N–H and O–H groups in total. The number of hydrogen-bond donors (Lipinski definition) is 1. The van der Waals surface area contributed by atoms with Crippen LogP contribution in [0.2, 0.25) is 0 Å². The molecule has 0 spiro atoms. The molecule has 0 unspecified atom stereocenters. The Balaban J connectivity index is 2.26. The topological polar surface area (TPSA) is 91.0 Å². The molecule has 9 heteroatoms. The Hall–Kier alpha value is -2.16. The van der Waals surface area contributed by atoms with Crippen LogP contribution in [0.25, 0.3) is 0 Å². The lowest BCUT2D eigenvalue weighted by atomic mass is 10.3. The van der Waals surface area contributed by atoms with Gasteiger partial charge in [-0.15, -0.1) is 0 Å². The zero-order chi connectivity index (χ0) is 16.3. The quantitative estimate of drug-likeness (QED) is 0.811. The molecule has 0 saturated carbocycles. The second-order valence-electron chi connectivity index (χ2n) is 4.39. The Morgan fingerprint density at radius 3 is 2.73 bits per heavy atom. The third-order valence-corrected chi connectivity index (χ3v) is 3.50. The Kier molecular flexibility index (Phi) is 4.96. The van der Waals surface area contributed by atoms with Crippen LogP contribution in [0.4, 0.5) is 5.82 Å². The minimum atomic E-state index is -0.538. The van der Waals surface area contributed by atoms with E-state index in [1.807, 2.05) is 6.92 Å². The summed E-state index contributed by atoms with van der Waals surface area (Å²) in [6.45, 7) is 4.52. The highest BCUT2D eigenvalue weighted by molar-refractivity contribution is 9.10. The van der Waals surface area contributed by atoms with Gasteiger partial charge in [0.25, 0.3) is 5.91 Å². The fraction of sp³-hybridized carbons (Fsp3) is 0.385. The van der Waals surface area contributed by atoms with E-state index in [1.165, 1.54) is 10.9 Å². The number of aryl methyl sites for hydroxylation is 2. The number of rotatable bonds is 5. The van der Waals surface area contributed by atoms with Crippen LogP contribution in [0.1, 0.15) is 34.7 Å². The van der Waals surface area contributed by atoms with Gasteiger partial charge in [-0.2, -0.15) is 10.2 Å². The van der Waals surface area contributed by atoms with Crippen molar-refractivity contribution in [3.05, 3.63) is 28.1 Å². The van der Waals surface area contributed by atoms with Crippen LogP contribution in [0, 0.1) is 0 Å². The summed E-state index contributed by atoms with van der Waals surface area (Å²) < 4.78 is 8.55. The summed E-state index contributed by atoms with van der Waals surface area (Å²) in [5, 5.41) is 10.8. The predicted octanol–water partition coefficient (Wildman–Crippen LogP) is 1.83. The number of aromatic nitrogens is 4. The lowest BCUT2D eigenvalue weighted by Crippen LogP contribution is -2.18. The molecule has 0 aromatic carbocycles. The molecule has 0 bridgehead atoms. The molecular weight excluding hydrogens is 354 g/mol. The first-order valence-electron chi connectivity index (χ1n) is 6.71. The maximum absolute atomic E-state index is 12.3. The highest BCUT2D eigenvalue weighted by Crippen LogP contribution is 2.19. The normalized spacial score (nSPS) is 10.5. The number of hydrogen-bond acceptors (Lipinski definition) is 5. The van der Waals surface area contributed by atoms with Gasteiger partial charge in [-0.25, -0.2) is 4.79 Å². The summed E-state index contributed by atoms with van der Waals surface area (Å²) in [4.78, 5) is 24.2. The van der Waals surface area contributed by atoms with Crippen molar-refractivity contribution in [2.75, 3.05) is 11.9 Å². The van der Waals surface area contributed by atoms with Crippen molar-refractivity contribution in [2.24, 2.45) is 7.05 Å². The van der Waals surface area contributed by atoms with Crippen LogP contribution in [-0.4, -0.2) is 38.0 Å². The van der Waals surface area contributed by atoms with Crippen LogP contribution in [-0.2, 0) is 18.3 Å². The lowest BCUT2D eigenvalue weighted by Gasteiger charge is -2.07. The van der Waals surface area contributed by atoms with Crippen molar-refractivity contribution in [1.82, 2.24) is 19.6 Å². The fourth-order valence-electron chi connectivity index (χ4n) is 1.82. The summed E-state index contributed by atoms with van der Waals surface area (Å²) >= 11 is 3.30. The van der Waals surface area contributed by atoms with Crippen molar-refractivity contribution >= 4 is 33.6 Å². The molecule has 0 aliphatic heterocycles. The minimum absolute atomic E-state index is 0.198. The van der Waals surface area contributed by atoms with E-state index in [1.54, 1.807) is 24.9 Å². The molecule has 8 nitrogen and oxygen atoms in total. The minimum Gasteiger partial charge on any atom is -0.462 e. The van der Waals surface area contributed by atoms with Gasteiger partial charge in [0, 0.05) is 19.8 Å². The van der Waals surface area contributed by atoms with Gasteiger partial charge in [0.1, 0.15) is 11.4 Å². The van der Waals surface area contributed by atoms with E-state index in [0.29, 0.717) is 11.0 Å². The first-order chi connectivity index (χ1) is 10.5. The molecule has 2 aromatic rings. The van der Waals surface area contributed by atoms with Gasteiger partial charge in [-0.05, 0) is 29.8 Å². The van der Waals surface area contributed by atoms with Crippen molar-refractivity contribution in [1.29, 1.82) is 0 Å². The summed E-state index contributed by atoms with van der Waals surface area (Å²) in [5.74, 6) is -0.710. The summed E-state index contributed by atoms with van der Waals surface area (Å²) in [6, 6.07) is 0. The number of carbonyl (C=O) groups excluding carboxylic acids is 2. The average Bonchev–Trinajstić information content (AvgIpc) is 3.03. The van der Waals surface area contributed by atoms with E-state index in [0.717, 1.165) is 0 Å². The number of carbonyl (C=O) groups is 2. The van der Waals surface area contributed by atoms with E-state index >= 15 is 0 Å². The van der Waals surface area contributed by atoms with Crippen LogP contribution in [0.3, 0.4) is 0 Å². The van der Waals surface area contributed by atoms with Crippen molar-refractivity contribution in [3.63, 3.8) is 0 Å². The van der Waals surface area contributed by atoms with E-state index in [-0.39, 0.29) is 23.7 Å². The first-order valence-corrected chi connectivity index (χ1v) is 7.50. The van der Waals surface area contributed by atoms with E-state index in [9.17, 15) is 9.59 Å². The maximum Gasteiger partial charge on any atom is 0.343 e. The van der Waals surface area contributed by atoms with Gasteiger partial charge >= 0.3 is 5.97 Å². The molecule has 2 heterocycles. The van der Waals surface area contributed by atoms with Crippen LogP contribution in [0.5, 0.6) is 0 Å². The Labute approximate surface area is 135 Å². The molecule has 2 aromatic heterocycles. The van der Waals surface area contributed by atoms with Gasteiger partial charge in [0.2, 0.25) is 0 Å². The Morgan fingerprint density at radius 2 is 2.14 bits per heavy atom. The molecule has 22 heavy (non-hydrogen) atoms. The number of nitrogens with one attached hydrogen (secondary N) is 1. The monoisotopic (exact) mass is 369 g/mol. The standard InChI is InChI=1S/C13H16BrN5O3/c1-4-19-7-9(14)10(17-19)12(20)16-11-8(6-15-18(11)3)13(21)22-5-2/h6-7H,4-5H2,1-3H3,(H,16,20). The zero-order valence-electron chi connectivity index (χ0n) is 12.5. The first kappa shape index (κ1) is 16.2. The van der Waals surface area contributed by atoms with Gasteiger partial charge in [-0.1, -0.05) is 0 Å². The smallest absolute Gasteiger partial charge is 0.343 e. The maximum atomic E-state index is 12.3. The molecule has 0 saturated heterocycles. The third-order valence-electron chi connectivity index (χ3n) is 2.92. The van der Waals surface area contributed by atoms with E-state index < -0.39 is 11.9 Å². The van der Waals surface area contributed by atoms with Crippen LogP contribution >= 0.6 is 15.9 Å². The number of halogens is 1. The second kappa shape index (κ2) is 6.73. The third kappa shape index (κ3) is 3.19. The Bertz CT molecular complexity index is 707. The van der Waals surface area contributed by atoms with Crippen molar-refractivity contribution in [3.8, 4) is 0 Å². The summed E-state index contributed by atoms with van der Waals surface area (Å²) in [5.41, 5.74) is 0.432. The summed E-state index contributed by atoms with van der Waals surface area (Å²) in [6.07, 6.45) is 3.07. The van der Waals surface area contributed by atoms with Gasteiger partial charge in [0.15, 0.2) is 5.69 Å². The molecule has 0 aliphatic carbocycles. The Morgan fingerprint density at radius 1 is 1.41 bits per heavy atom. The number of anilines is 1.